The summed E-state index contributed by atoms with van der Waals surface area (Å²) in [6.45, 7) is 0.683. The molecule has 102 valence electrons. The second kappa shape index (κ2) is 5.48. The third kappa shape index (κ3) is 3.53. The Morgan fingerprint density at radius 3 is 2.44 bits per heavy atom. The molecule has 0 saturated carbocycles. The van der Waals surface area contributed by atoms with Crippen LogP contribution in [0, 0.1) is 0 Å². The van der Waals surface area contributed by atoms with E-state index in [-0.39, 0.29) is 0 Å². The van der Waals surface area contributed by atoms with Crippen LogP contribution in [0.15, 0.2) is 18.2 Å². The Morgan fingerprint density at radius 2 is 2.00 bits per heavy atom. The van der Waals surface area contributed by atoms with Crippen LogP contribution in [0.25, 0.3) is 0 Å². The van der Waals surface area contributed by atoms with E-state index in [1.165, 1.54) is 14.2 Å². The average Bonchev–Trinajstić information content (AvgIpc) is 2.25. The molecule has 0 aliphatic carbocycles. The molecule has 0 aliphatic heterocycles. The van der Waals surface area contributed by atoms with Gasteiger partial charge in [0.15, 0.2) is 0 Å². The number of benzene rings is 1. The largest absolute Gasteiger partial charge is 0.496 e. The second-order valence-corrected chi connectivity index (χ2v) is 4.15. The van der Waals surface area contributed by atoms with E-state index < -0.39 is 18.8 Å². The summed E-state index contributed by atoms with van der Waals surface area (Å²) in [6.07, 6.45) is -4.26. The van der Waals surface area contributed by atoms with Crippen LogP contribution in [-0.2, 0) is 0 Å². The molecule has 1 aromatic carbocycles. The first kappa shape index (κ1) is 14.6. The zero-order chi connectivity index (χ0) is 13.9. The zero-order valence-electron chi connectivity index (χ0n) is 10.6. The van der Waals surface area contributed by atoms with Crippen LogP contribution < -0.4 is 15.4 Å². The molecular weight excluding hydrogens is 245 g/mol. The fourth-order valence-corrected chi connectivity index (χ4v) is 1.86. The number of halogens is 3. The van der Waals surface area contributed by atoms with Gasteiger partial charge in [0.05, 0.1) is 7.11 Å². The van der Waals surface area contributed by atoms with Gasteiger partial charge in [-0.15, -0.1) is 0 Å². The molecule has 1 rings (SSSR count). The van der Waals surface area contributed by atoms with Crippen LogP contribution in [0.5, 0.6) is 5.75 Å². The molecule has 0 saturated heterocycles. The summed E-state index contributed by atoms with van der Waals surface area (Å²) in [5.74, 6) is 0.497. The van der Waals surface area contributed by atoms with Crippen LogP contribution in [0.2, 0.25) is 0 Å². The van der Waals surface area contributed by atoms with Gasteiger partial charge in [0, 0.05) is 24.3 Å². The third-order valence-electron chi connectivity index (χ3n) is 2.55. The zero-order valence-corrected chi connectivity index (χ0v) is 10.6. The van der Waals surface area contributed by atoms with Crippen LogP contribution in [0.4, 0.5) is 18.9 Å². The lowest BCUT2D eigenvalue weighted by Crippen LogP contribution is -2.32. The normalized spacial score (nSPS) is 13.3. The predicted octanol–water partition coefficient (Wildman–Crippen LogP) is 2.71. The van der Waals surface area contributed by atoms with Gasteiger partial charge < -0.3 is 15.4 Å². The summed E-state index contributed by atoms with van der Waals surface area (Å²) in [6, 6.07) is 4.52. The molecule has 18 heavy (non-hydrogen) atoms. The van der Waals surface area contributed by atoms with Gasteiger partial charge in [-0.05, 0) is 19.1 Å². The Bertz CT molecular complexity index is 405. The first-order valence-corrected chi connectivity index (χ1v) is 5.46. The maximum absolute atomic E-state index is 12.4. The van der Waals surface area contributed by atoms with E-state index in [9.17, 15) is 13.2 Å². The fourth-order valence-electron chi connectivity index (χ4n) is 1.86. The Balaban J connectivity index is 3.15. The lowest BCUT2D eigenvalue weighted by atomic mass is 10.0. The van der Waals surface area contributed by atoms with E-state index in [2.05, 4.69) is 0 Å². The van der Waals surface area contributed by atoms with Crippen molar-refractivity contribution in [3.63, 3.8) is 0 Å². The summed E-state index contributed by atoms with van der Waals surface area (Å²) in [4.78, 5) is 1.13. The number of nitrogens with two attached hydrogens (primary N) is 1. The summed E-state index contributed by atoms with van der Waals surface area (Å²) in [5, 5.41) is 0. The van der Waals surface area contributed by atoms with Crippen molar-refractivity contribution in [3.8, 4) is 5.75 Å². The van der Waals surface area contributed by atoms with Crippen molar-refractivity contribution in [2.45, 2.75) is 19.1 Å². The van der Waals surface area contributed by atoms with Crippen LogP contribution in [0.3, 0.4) is 0 Å². The lowest BCUT2D eigenvalue weighted by Gasteiger charge is -2.26. The number of ether oxygens (including phenoxy) is 1. The van der Waals surface area contributed by atoms with E-state index in [1.807, 2.05) is 0 Å². The van der Waals surface area contributed by atoms with Crippen molar-refractivity contribution in [2.75, 3.05) is 25.6 Å². The van der Waals surface area contributed by atoms with E-state index >= 15 is 0 Å². The molecule has 0 aromatic heterocycles. The molecule has 0 amide bonds. The number of rotatable bonds is 4. The van der Waals surface area contributed by atoms with Crippen LogP contribution in [-0.4, -0.2) is 26.9 Å². The first-order valence-electron chi connectivity index (χ1n) is 5.46. The lowest BCUT2D eigenvalue weighted by molar-refractivity contribution is -0.119. The maximum atomic E-state index is 12.4. The molecule has 0 spiro atoms. The maximum Gasteiger partial charge on any atom is 0.405 e. The molecule has 0 aliphatic rings. The average molecular weight is 262 g/mol. The molecule has 1 aromatic rings. The van der Waals surface area contributed by atoms with E-state index in [0.29, 0.717) is 17.0 Å². The molecule has 1 atom stereocenters. The highest BCUT2D eigenvalue weighted by Gasteiger charge is 2.30. The van der Waals surface area contributed by atoms with Gasteiger partial charge in [0.2, 0.25) is 0 Å². The third-order valence-corrected chi connectivity index (χ3v) is 2.55. The summed E-state index contributed by atoms with van der Waals surface area (Å²) < 4.78 is 42.3. The summed E-state index contributed by atoms with van der Waals surface area (Å²) in [7, 11) is 2.85. The molecule has 3 nitrogen and oxygen atoms in total. The monoisotopic (exact) mass is 262 g/mol. The smallest absolute Gasteiger partial charge is 0.405 e. The standard InChI is InChI=1S/C12H17F3N2O/c1-8(16)11-9(5-4-6-10(11)18-3)17(2)7-12(13,14)15/h4-6,8H,7,16H2,1-3H3/t8-/m1/s1. The second-order valence-electron chi connectivity index (χ2n) is 4.15. The van der Waals surface area contributed by atoms with Gasteiger partial charge in [-0.3, -0.25) is 0 Å². The summed E-state index contributed by atoms with van der Waals surface area (Å²) in [5.41, 5.74) is 6.81. The molecule has 0 bridgehead atoms. The number of methoxy groups -OCH3 is 1. The minimum absolute atomic E-state index is 0.410. The quantitative estimate of drug-likeness (QED) is 0.906. The Kier molecular flexibility index (Phi) is 4.45. The van der Waals surface area contributed by atoms with E-state index in [4.69, 9.17) is 10.5 Å². The Labute approximate surface area is 104 Å². The topological polar surface area (TPSA) is 38.5 Å². The van der Waals surface area contributed by atoms with Crippen molar-refractivity contribution in [1.29, 1.82) is 0 Å². The first-order chi connectivity index (χ1) is 8.26. The number of hydrogen-bond acceptors (Lipinski definition) is 3. The highest BCUT2D eigenvalue weighted by molar-refractivity contribution is 5.60. The van der Waals surface area contributed by atoms with Gasteiger partial charge in [-0.25, -0.2) is 0 Å². The van der Waals surface area contributed by atoms with E-state index in [1.54, 1.807) is 25.1 Å². The van der Waals surface area contributed by atoms with Crippen LogP contribution in [0.1, 0.15) is 18.5 Å². The molecule has 0 fully saturated rings. The molecule has 0 unspecified atom stereocenters. The van der Waals surface area contributed by atoms with Gasteiger partial charge in [-0.2, -0.15) is 13.2 Å². The van der Waals surface area contributed by atoms with Crippen molar-refractivity contribution in [2.24, 2.45) is 5.73 Å². The van der Waals surface area contributed by atoms with Gasteiger partial charge in [0.1, 0.15) is 12.3 Å². The van der Waals surface area contributed by atoms with E-state index in [0.717, 1.165) is 4.90 Å². The predicted molar refractivity (Wildman–Crippen MR) is 64.9 cm³/mol. The Morgan fingerprint density at radius 1 is 1.39 bits per heavy atom. The fraction of sp³-hybridized carbons (Fsp3) is 0.500. The SMILES string of the molecule is COc1cccc(N(C)CC(F)(F)F)c1[C@@H](C)N. The van der Waals surface area contributed by atoms with Crippen molar-refractivity contribution in [1.82, 2.24) is 0 Å². The number of anilines is 1. The number of alkyl halides is 3. The minimum atomic E-state index is -4.26. The van der Waals surface area contributed by atoms with Gasteiger partial charge in [0.25, 0.3) is 0 Å². The van der Waals surface area contributed by atoms with Gasteiger partial charge in [-0.1, -0.05) is 6.07 Å². The number of hydrogen-bond donors (Lipinski definition) is 1. The Hall–Kier alpha value is -1.43. The highest BCUT2D eigenvalue weighted by Crippen LogP contribution is 2.34. The number of nitrogens with zero attached hydrogens (tertiary/aromatic N) is 1. The van der Waals surface area contributed by atoms with Gasteiger partial charge >= 0.3 is 6.18 Å². The van der Waals surface area contributed by atoms with Crippen molar-refractivity contribution >= 4 is 5.69 Å². The van der Waals surface area contributed by atoms with Crippen molar-refractivity contribution in [3.05, 3.63) is 23.8 Å². The summed E-state index contributed by atoms with van der Waals surface area (Å²) >= 11 is 0. The molecule has 0 heterocycles. The molecule has 2 N–H and O–H groups in total. The van der Waals surface area contributed by atoms with Crippen molar-refractivity contribution < 1.29 is 17.9 Å². The minimum Gasteiger partial charge on any atom is -0.496 e. The molecular formula is C12H17F3N2O. The van der Waals surface area contributed by atoms with Crippen LogP contribution >= 0.6 is 0 Å². The molecule has 6 heteroatoms. The molecule has 0 radical (unpaired) electrons. The highest BCUT2D eigenvalue weighted by atomic mass is 19.4.